The third-order valence-electron chi connectivity index (χ3n) is 4.66. The summed E-state index contributed by atoms with van der Waals surface area (Å²) < 4.78 is 21.4. The van der Waals surface area contributed by atoms with Gasteiger partial charge in [-0.05, 0) is 48.2 Å². The minimum absolute atomic E-state index is 0.175. The fraction of sp³-hybridized carbons (Fsp3) is 0.304. The number of aryl methyl sites for hydroxylation is 2. The zero-order chi connectivity index (χ0) is 22.4. The van der Waals surface area contributed by atoms with E-state index in [9.17, 15) is 9.59 Å². The van der Waals surface area contributed by atoms with Gasteiger partial charge in [-0.25, -0.2) is 4.79 Å². The molecule has 2 aromatic carbocycles. The van der Waals surface area contributed by atoms with Crippen LogP contribution in [-0.4, -0.2) is 26.3 Å². The third kappa shape index (κ3) is 6.23. The zero-order valence-electron chi connectivity index (χ0n) is 17.2. The number of hydrogen-bond donors (Lipinski definition) is 0. The number of ether oxygens (including phenoxy) is 3. The Morgan fingerprint density at radius 3 is 2.61 bits per heavy atom. The summed E-state index contributed by atoms with van der Waals surface area (Å²) in [6.45, 7) is 2.61. The summed E-state index contributed by atoms with van der Waals surface area (Å²) in [5.74, 6) is 0.181. The molecule has 31 heavy (non-hydrogen) atoms. The Morgan fingerprint density at radius 2 is 1.87 bits per heavy atom. The second kappa shape index (κ2) is 10.7. The molecule has 6 nitrogen and oxygen atoms in total. The van der Waals surface area contributed by atoms with Crippen LogP contribution in [0.4, 0.5) is 0 Å². The second-order valence-electron chi connectivity index (χ2n) is 6.95. The Kier molecular flexibility index (Phi) is 7.96. The summed E-state index contributed by atoms with van der Waals surface area (Å²) >= 11 is 12.0. The maximum atomic E-state index is 12.0. The average molecular weight is 465 g/mol. The fourth-order valence-electron chi connectivity index (χ4n) is 3.06. The van der Waals surface area contributed by atoms with Crippen LogP contribution in [0.3, 0.4) is 0 Å². The summed E-state index contributed by atoms with van der Waals surface area (Å²) in [6, 6.07) is 10.2. The van der Waals surface area contributed by atoms with E-state index in [-0.39, 0.29) is 25.6 Å². The van der Waals surface area contributed by atoms with Crippen LogP contribution in [0.2, 0.25) is 10.0 Å². The minimum atomic E-state index is -0.435. The van der Waals surface area contributed by atoms with Crippen LogP contribution in [0.25, 0.3) is 11.0 Å². The predicted octanol–water partition coefficient (Wildman–Crippen LogP) is 5.11. The lowest BCUT2D eigenvalue weighted by Crippen LogP contribution is -2.11. The second-order valence-corrected chi connectivity index (χ2v) is 7.77. The summed E-state index contributed by atoms with van der Waals surface area (Å²) in [5.41, 5.74) is 2.39. The van der Waals surface area contributed by atoms with E-state index in [2.05, 4.69) is 0 Å². The number of halogens is 2. The fourth-order valence-corrected chi connectivity index (χ4v) is 3.38. The maximum Gasteiger partial charge on any atom is 0.336 e. The molecule has 3 rings (SSSR count). The number of esters is 1. The molecule has 8 heteroatoms. The highest BCUT2D eigenvalue weighted by molar-refractivity contribution is 6.42. The zero-order valence-corrected chi connectivity index (χ0v) is 18.7. The number of methoxy groups -OCH3 is 1. The van der Waals surface area contributed by atoms with E-state index in [1.54, 1.807) is 25.3 Å². The van der Waals surface area contributed by atoms with Crippen molar-refractivity contribution in [3.8, 4) is 5.75 Å². The molecular weight excluding hydrogens is 443 g/mol. The first-order chi connectivity index (χ1) is 14.9. The largest absolute Gasteiger partial charge is 0.488 e. The highest BCUT2D eigenvalue weighted by Gasteiger charge is 2.13. The number of carbonyl (C=O) groups is 1. The molecule has 0 fully saturated rings. The molecule has 0 amide bonds. The molecule has 0 radical (unpaired) electrons. The van der Waals surface area contributed by atoms with Crippen LogP contribution in [0.5, 0.6) is 5.75 Å². The number of hydrogen-bond acceptors (Lipinski definition) is 6. The molecule has 164 valence electrons. The van der Waals surface area contributed by atoms with Crippen LogP contribution < -0.4 is 10.4 Å². The van der Waals surface area contributed by atoms with Gasteiger partial charge in [0.25, 0.3) is 0 Å². The van der Waals surface area contributed by atoms with Gasteiger partial charge in [0, 0.05) is 31.0 Å². The van der Waals surface area contributed by atoms with Crippen LogP contribution in [0.1, 0.15) is 23.1 Å². The minimum Gasteiger partial charge on any atom is -0.488 e. The van der Waals surface area contributed by atoms with E-state index >= 15 is 0 Å². The Labute approximate surface area is 189 Å². The van der Waals surface area contributed by atoms with Crippen molar-refractivity contribution in [3.63, 3.8) is 0 Å². The summed E-state index contributed by atoms with van der Waals surface area (Å²) in [4.78, 5) is 23.8. The van der Waals surface area contributed by atoms with Gasteiger partial charge >= 0.3 is 11.6 Å². The van der Waals surface area contributed by atoms with E-state index in [1.807, 2.05) is 19.1 Å². The molecule has 0 unspecified atom stereocenters. The molecular formula is C23H22Cl2O6. The first-order valence-corrected chi connectivity index (χ1v) is 10.4. The van der Waals surface area contributed by atoms with Gasteiger partial charge in [0.05, 0.1) is 16.7 Å². The Bertz CT molecular complexity index is 1140. The molecule has 1 aromatic heterocycles. The van der Waals surface area contributed by atoms with Crippen LogP contribution in [0.15, 0.2) is 45.6 Å². The first-order valence-electron chi connectivity index (χ1n) is 9.66. The predicted molar refractivity (Wildman–Crippen MR) is 119 cm³/mol. The first kappa shape index (κ1) is 23.1. The Balaban J connectivity index is 1.85. The molecule has 3 aromatic rings. The van der Waals surface area contributed by atoms with Crippen molar-refractivity contribution in [2.45, 2.75) is 26.4 Å². The maximum absolute atomic E-state index is 12.0. The molecule has 0 N–H and O–H groups in total. The molecule has 0 aliphatic heterocycles. The highest BCUT2D eigenvalue weighted by Crippen LogP contribution is 2.30. The molecule has 0 aliphatic rings. The van der Waals surface area contributed by atoms with E-state index in [1.165, 1.54) is 6.07 Å². The van der Waals surface area contributed by atoms with Crippen LogP contribution in [0, 0.1) is 6.92 Å². The van der Waals surface area contributed by atoms with Crippen molar-refractivity contribution in [2.75, 3.05) is 20.3 Å². The number of rotatable bonds is 9. The lowest BCUT2D eigenvalue weighted by Gasteiger charge is -2.14. The number of benzene rings is 2. The molecule has 0 bridgehead atoms. The molecule has 0 aliphatic carbocycles. The third-order valence-corrected chi connectivity index (χ3v) is 5.40. The SMILES string of the molecule is COCCOC(=O)CCc1cc2c(C)cc(=O)oc2cc1OCc1ccc(Cl)c(Cl)c1. The van der Waals surface area contributed by atoms with Crippen molar-refractivity contribution in [2.24, 2.45) is 0 Å². The van der Waals surface area contributed by atoms with Gasteiger partial charge in [-0.2, -0.15) is 0 Å². The van der Waals surface area contributed by atoms with Crippen molar-refractivity contribution >= 4 is 40.1 Å². The summed E-state index contributed by atoms with van der Waals surface area (Å²) in [7, 11) is 1.54. The molecule has 1 heterocycles. The van der Waals surface area contributed by atoms with Gasteiger partial charge in [-0.3, -0.25) is 4.79 Å². The van der Waals surface area contributed by atoms with E-state index in [0.29, 0.717) is 34.4 Å². The van der Waals surface area contributed by atoms with Gasteiger partial charge in [-0.15, -0.1) is 0 Å². The molecule has 0 saturated carbocycles. The lowest BCUT2D eigenvalue weighted by molar-refractivity contribution is -0.144. The summed E-state index contributed by atoms with van der Waals surface area (Å²) in [5, 5.41) is 1.67. The molecule has 0 saturated heterocycles. The van der Waals surface area contributed by atoms with Gasteiger partial charge < -0.3 is 18.6 Å². The molecule has 0 atom stereocenters. The topological polar surface area (TPSA) is 75.0 Å². The standard InChI is InChI=1S/C23H22Cl2O6/c1-14-9-23(27)31-21-12-20(30-13-15-3-5-18(24)19(25)10-15)16(11-17(14)21)4-6-22(26)29-8-7-28-2/h3,5,9-12H,4,6-8,13H2,1-2H3. The van der Waals surface area contributed by atoms with Crippen molar-refractivity contribution in [1.29, 1.82) is 0 Å². The summed E-state index contributed by atoms with van der Waals surface area (Å²) in [6.07, 6.45) is 0.575. The number of carbonyl (C=O) groups excluding carboxylic acids is 1. The number of fused-ring (bicyclic) bond motifs is 1. The smallest absolute Gasteiger partial charge is 0.336 e. The van der Waals surface area contributed by atoms with E-state index in [4.69, 9.17) is 41.8 Å². The van der Waals surface area contributed by atoms with Crippen LogP contribution in [-0.2, 0) is 27.3 Å². The Morgan fingerprint density at radius 1 is 1.06 bits per heavy atom. The quantitative estimate of drug-likeness (QED) is 0.248. The van der Waals surface area contributed by atoms with Crippen molar-refractivity contribution < 1.29 is 23.4 Å². The molecule has 0 spiro atoms. The van der Waals surface area contributed by atoms with Gasteiger partial charge in [0.15, 0.2) is 0 Å². The van der Waals surface area contributed by atoms with E-state index < -0.39 is 5.63 Å². The van der Waals surface area contributed by atoms with E-state index in [0.717, 1.165) is 22.1 Å². The van der Waals surface area contributed by atoms with Gasteiger partial charge in [0.1, 0.15) is 24.5 Å². The lowest BCUT2D eigenvalue weighted by atomic mass is 10.0. The van der Waals surface area contributed by atoms with Crippen LogP contribution >= 0.6 is 23.2 Å². The van der Waals surface area contributed by atoms with Gasteiger partial charge in [0.2, 0.25) is 0 Å². The Hall–Kier alpha value is -2.54. The van der Waals surface area contributed by atoms with Crippen molar-refractivity contribution in [1.82, 2.24) is 0 Å². The highest BCUT2D eigenvalue weighted by atomic mass is 35.5. The monoisotopic (exact) mass is 464 g/mol. The van der Waals surface area contributed by atoms with Crippen molar-refractivity contribution in [3.05, 3.63) is 73.6 Å². The normalized spacial score (nSPS) is 11.0. The van der Waals surface area contributed by atoms with Gasteiger partial charge in [-0.1, -0.05) is 29.3 Å². The average Bonchev–Trinajstić information content (AvgIpc) is 2.73.